The molecule has 6 N–H and O–H groups in total. The number of aromatic hydroxyl groups is 1. The summed E-state index contributed by atoms with van der Waals surface area (Å²) >= 11 is 0. The minimum atomic E-state index is -0.684. The second-order valence-corrected chi connectivity index (χ2v) is 9.70. The minimum absolute atomic E-state index is 0.0860. The maximum Gasteiger partial charge on any atom is 0.161 e. The number of phenols is 1. The average molecular weight is 497 g/mol. The molecular formula is C29H40N2O5. The zero-order valence-corrected chi connectivity index (χ0v) is 21.0. The van der Waals surface area contributed by atoms with Gasteiger partial charge in [-0.2, -0.15) is 0 Å². The molecule has 1 aromatic carbocycles. The van der Waals surface area contributed by atoms with Gasteiger partial charge in [-0.25, -0.2) is 4.98 Å². The second-order valence-electron chi connectivity index (χ2n) is 9.70. The highest BCUT2D eigenvalue weighted by Crippen LogP contribution is 2.29. The molecule has 1 heterocycles. The molecule has 0 spiro atoms. The van der Waals surface area contributed by atoms with Crippen LogP contribution in [-0.2, 0) is 12.8 Å². The van der Waals surface area contributed by atoms with E-state index in [1.54, 1.807) is 12.3 Å². The first-order valence-corrected chi connectivity index (χ1v) is 13.1. The van der Waals surface area contributed by atoms with Gasteiger partial charge in [-0.3, -0.25) is 0 Å². The van der Waals surface area contributed by atoms with E-state index in [9.17, 15) is 20.4 Å². The first-order valence-electron chi connectivity index (χ1n) is 13.1. The molecule has 0 unspecified atom stereocenters. The van der Waals surface area contributed by atoms with E-state index < -0.39 is 12.2 Å². The molecule has 1 aliphatic carbocycles. The van der Waals surface area contributed by atoms with Gasteiger partial charge in [0.15, 0.2) is 11.5 Å². The Morgan fingerprint density at radius 3 is 2.72 bits per heavy atom. The van der Waals surface area contributed by atoms with Crippen LogP contribution >= 0.6 is 0 Å². The Labute approximate surface area is 214 Å². The van der Waals surface area contributed by atoms with Crippen LogP contribution in [0.3, 0.4) is 0 Å². The maximum absolute atomic E-state index is 10.9. The third-order valence-corrected chi connectivity index (χ3v) is 6.88. The lowest BCUT2D eigenvalue weighted by Crippen LogP contribution is -2.32. The van der Waals surface area contributed by atoms with Gasteiger partial charge in [0, 0.05) is 31.1 Å². The predicted octanol–water partition coefficient (Wildman–Crippen LogP) is 3.62. The number of anilines is 1. The summed E-state index contributed by atoms with van der Waals surface area (Å²) in [4.78, 5) is 3.99. The van der Waals surface area contributed by atoms with Crippen molar-refractivity contribution in [1.29, 1.82) is 0 Å². The van der Waals surface area contributed by atoms with Crippen molar-refractivity contribution < 1.29 is 25.2 Å². The largest absolute Gasteiger partial charge is 0.504 e. The molecule has 2 aromatic rings. The number of aryl methyl sites for hydroxylation is 2. The lowest BCUT2D eigenvalue weighted by molar-refractivity contribution is 0.00556. The number of rotatable bonds is 11. The summed E-state index contributed by atoms with van der Waals surface area (Å²) < 4.78 is 5.82. The van der Waals surface area contributed by atoms with Crippen molar-refractivity contribution in [2.45, 2.75) is 76.4 Å². The Balaban J connectivity index is 1.52. The fourth-order valence-corrected chi connectivity index (χ4v) is 4.72. The molecule has 0 amide bonds. The summed E-state index contributed by atoms with van der Waals surface area (Å²) in [6.45, 7) is 0.582. The van der Waals surface area contributed by atoms with Crippen LogP contribution < -0.4 is 10.5 Å². The summed E-state index contributed by atoms with van der Waals surface area (Å²) in [6.07, 6.45) is 7.63. The van der Waals surface area contributed by atoms with E-state index in [0.29, 0.717) is 50.3 Å². The van der Waals surface area contributed by atoms with E-state index in [0.717, 1.165) is 43.2 Å². The molecule has 0 fully saturated rings. The van der Waals surface area contributed by atoms with Crippen molar-refractivity contribution in [3.8, 4) is 23.3 Å². The van der Waals surface area contributed by atoms with Crippen molar-refractivity contribution in [3.05, 3.63) is 47.7 Å². The smallest absolute Gasteiger partial charge is 0.161 e. The Hall–Kier alpha value is -2.79. The van der Waals surface area contributed by atoms with Gasteiger partial charge in [0.1, 0.15) is 5.82 Å². The molecule has 7 nitrogen and oxygen atoms in total. The van der Waals surface area contributed by atoms with Gasteiger partial charge in [-0.05, 0) is 80.3 Å². The van der Waals surface area contributed by atoms with Crippen molar-refractivity contribution in [2.75, 3.05) is 18.9 Å². The summed E-state index contributed by atoms with van der Waals surface area (Å²) in [5, 5.41) is 41.1. The molecular weight excluding hydrogens is 456 g/mol. The first kappa shape index (κ1) is 27.8. The molecule has 3 rings (SSSR count). The van der Waals surface area contributed by atoms with Gasteiger partial charge in [-0.1, -0.05) is 24.8 Å². The number of aliphatic hydroxyl groups is 3. The number of nitrogens with two attached hydrogens (primary N) is 1. The van der Waals surface area contributed by atoms with E-state index in [2.05, 4.69) is 16.8 Å². The number of nitrogens with zero attached hydrogens (tertiary/aromatic N) is 1. The second kappa shape index (κ2) is 14.7. The number of aliphatic hydroxyl groups excluding tert-OH is 3. The van der Waals surface area contributed by atoms with Gasteiger partial charge >= 0.3 is 0 Å². The SMILES string of the molecule is Nc1cc(CCCOc2cc(CC[C@@H](O)[C@H]3CC#C[C@@H](CCO)CCCC[C@@H]3O)ccc2O)ccn1. The number of aromatic nitrogens is 1. The van der Waals surface area contributed by atoms with Gasteiger partial charge < -0.3 is 30.9 Å². The van der Waals surface area contributed by atoms with Gasteiger partial charge in [0.25, 0.3) is 0 Å². The highest BCUT2D eigenvalue weighted by atomic mass is 16.5. The van der Waals surface area contributed by atoms with E-state index in [-0.39, 0.29) is 24.2 Å². The Bertz CT molecular complexity index is 1000. The first-order chi connectivity index (χ1) is 17.5. The third-order valence-electron chi connectivity index (χ3n) is 6.88. The zero-order valence-electron chi connectivity index (χ0n) is 21.0. The average Bonchev–Trinajstić information content (AvgIpc) is 2.86. The van der Waals surface area contributed by atoms with Crippen molar-refractivity contribution in [2.24, 2.45) is 11.8 Å². The lowest BCUT2D eigenvalue weighted by Gasteiger charge is -2.27. The van der Waals surface area contributed by atoms with Crippen LogP contribution in [0.4, 0.5) is 5.82 Å². The molecule has 7 heteroatoms. The summed E-state index contributed by atoms with van der Waals surface area (Å²) in [5.41, 5.74) is 7.76. The number of phenolic OH excluding ortho intramolecular Hbond substituents is 1. The number of ether oxygens (including phenoxy) is 1. The topological polar surface area (TPSA) is 129 Å². The Morgan fingerprint density at radius 1 is 1.11 bits per heavy atom. The Morgan fingerprint density at radius 2 is 1.92 bits per heavy atom. The fraction of sp³-hybridized carbons (Fsp3) is 0.552. The van der Waals surface area contributed by atoms with E-state index in [1.807, 2.05) is 24.3 Å². The van der Waals surface area contributed by atoms with Crippen LogP contribution in [0.1, 0.15) is 62.5 Å². The summed E-state index contributed by atoms with van der Waals surface area (Å²) in [6, 6.07) is 9.03. The van der Waals surface area contributed by atoms with Crippen molar-refractivity contribution in [3.63, 3.8) is 0 Å². The van der Waals surface area contributed by atoms with Crippen LogP contribution in [0.25, 0.3) is 0 Å². The van der Waals surface area contributed by atoms with Gasteiger partial charge in [-0.15, -0.1) is 5.92 Å². The summed E-state index contributed by atoms with van der Waals surface area (Å²) in [7, 11) is 0. The molecule has 1 aliphatic rings. The van der Waals surface area contributed by atoms with E-state index in [4.69, 9.17) is 10.5 Å². The van der Waals surface area contributed by atoms with Crippen LogP contribution in [0, 0.1) is 23.7 Å². The molecule has 4 atom stereocenters. The quantitative estimate of drug-likeness (QED) is 0.237. The highest BCUT2D eigenvalue weighted by molar-refractivity contribution is 5.42. The van der Waals surface area contributed by atoms with Crippen LogP contribution in [0.5, 0.6) is 11.5 Å². The number of hydrogen-bond acceptors (Lipinski definition) is 7. The number of benzene rings is 1. The lowest BCUT2D eigenvalue weighted by atomic mass is 9.85. The van der Waals surface area contributed by atoms with Gasteiger partial charge in [0.05, 0.1) is 18.8 Å². The Kier molecular flexibility index (Phi) is 11.3. The van der Waals surface area contributed by atoms with Crippen molar-refractivity contribution in [1.82, 2.24) is 4.98 Å². The maximum atomic E-state index is 10.9. The molecule has 1 aromatic heterocycles. The highest BCUT2D eigenvalue weighted by Gasteiger charge is 2.26. The van der Waals surface area contributed by atoms with Gasteiger partial charge in [0.2, 0.25) is 0 Å². The summed E-state index contributed by atoms with van der Waals surface area (Å²) in [5.74, 6) is 7.29. The van der Waals surface area contributed by atoms with Crippen molar-refractivity contribution >= 4 is 5.82 Å². The van der Waals surface area contributed by atoms with Crippen LogP contribution in [0.15, 0.2) is 36.5 Å². The minimum Gasteiger partial charge on any atom is -0.504 e. The molecule has 0 saturated heterocycles. The zero-order chi connectivity index (χ0) is 25.8. The molecule has 0 aliphatic heterocycles. The fourth-order valence-electron chi connectivity index (χ4n) is 4.72. The molecule has 0 bridgehead atoms. The molecule has 0 radical (unpaired) electrons. The molecule has 36 heavy (non-hydrogen) atoms. The number of nitrogen functional groups attached to an aromatic ring is 1. The van der Waals surface area contributed by atoms with Crippen LogP contribution in [0.2, 0.25) is 0 Å². The van der Waals surface area contributed by atoms with E-state index >= 15 is 0 Å². The molecule has 196 valence electrons. The number of pyridine rings is 1. The van der Waals surface area contributed by atoms with Crippen LogP contribution in [-0.4, -0.2) is 50.8 Å². The normalized spacial score (nSPS) is 21.2. The third kappa shape index (κ3) is 9.02. The number of hydrogen-bond donors (Lipinski definition) is 5. The molecule has 0 saturated carbocycles. The van der Waals surface area contributed by atoms with E-state index in [1.165, 1.54) is 0 Å². The predicted molar refractivity (Wildman–Crippen MR) is 140 cm³/mol. The standard InChI is InChI=1S/C29H40N2O5/c30-29-20-22(14-16-31-29)7-4-18-36-28-19-23(11-13-27(28)35)10-12-26(34)24-8-3-6-21(15-17-32)5-1-2-9-25(24)33/h11,13-14,16,19-21,24-26,32-35H,1-2,4-5,7-10,12,15,17-18H2,(H2,30,31)/t21-,24-,25-,26+/m0/s1. The monoisotopic (exact) mass is 496 g/mol.